The van der Waals surface area contributed by atoms with Gasteiger partial charge in [0.1, 0.15) is 0 Å². The molecule has 0 aliphatic heterocycles. The topological polar surface area (TPSA) is 24.7 Å². The van der Waals surface area contributed by atoms with Crippen LogP contribution in [-0.2, 0) is 16.5 Å². The van der Waals surface area contributed by atoms with Crippen LogP contribution in [0.15, 0.2) is 82.8 Å². The van der Waals surface area contributed by atoms with Gasteiger partial charge in [0.15, 0.2) is 0 Å². The minimum absolute atomic E-state index is 0. The number of rotatable bonds is 16. The number of hydrogen-bond acceptors (Lipinski definition) is 2. The van der Waals surface area contributed by atoms with Gasteiger partial charge in [-0.2, -0.15) is 0 Å². The number of benzene rings is 2. The summed E-state index contributed by atoms with van der Waals surface area (Å²) in [5, 5.41) is 0. The van der Waals surface area contributed by atoms with E-state index >= 15 is 0 Å². The molecule has 0 saturated heterocycles. The molecule has 2 rings (SSSR count). The van der Waals surface area contributed by atoms with Crippen LogP contribution in [0.25, 0.3) is 0 Å². The largest absolute Gasteiger partial charge is 0.251 e. The van der Waals surface area contributed by atoms with Gasteiger partial charge in [-0.05, 0) is 56.0 Å². The monoisotopic (exact) mass is 488 g/mol. The molecule has 0 atom stereocenters. The first-order valence-electron chi connectivity index (χ1n) is 12.8. The molecule has 3 heteroatoms. The molecule has 0 radical (unpaired) electrons. The number of allylic oxidation sites excluding steroid dienone is 2. The molecule has 0 saturated carbocycles. The maximum absolute atomic E-state index is 5.05. The zero-order valence-corrected chi connectivity index (χ0v) is 21.6. The van der Waals surface area contributed by atoms with Crippen molar-refractivity contribution in [3.8, 4) is 0 Å². The number of hydrogen-bond donors (Lipinski definition) is 0. The molecule has 0 amide bonds. The van der Waals surface area contributed by atoms with Crippen LogP contribution in [0.3, 0.4) is 0 Å². The second kappa shape index (κ2) is 19.5. The molecule has 2 nitrogen and oxygen atoms in total. The summed E-state index contributed by atoms with van der Waals surface area (Å²) < 4.78 is 0. The minimum Gasteiger partial charge on any atom is -0.251 e. The molecule has 0 bridgehead atoms. The third-order valence-corrected chi connectivity index (χ3v) is 5.59. The van der Waals surface area contributed by atoms with Crippen molar-refractivity contribution >= 4 is 22.8 Å². The van der Waals surface area contributed by atoms with Crippen molar-refractivity contribution in [3.63, 3.8) is 0 Å². The Bertz CT molecular complexity index is 810. The summed E-state index contributed by atoms with van der Waals surface area (Å²) in [5.74, 6) is 0. The Morgan fingerprint density at radius 1 is 0.636 bits per heavy atom. The van der Waals surface area contributed by atoms with Crippen molar-refractivity contribution < 1.29 is 16.5 Å². The molecule has 2 aromatic carbocycles. The molecule has 0 aromatic heterocycles. The summed E-state index contributed by atoms with van der Waals surface area (Å²) in [6.07, 6.45) is 19.4. The second-order valence-corrected chi connectivity index (χ2v) is 8.50. The predicted molar refractivity (Wildman–Crippen MR) is 143 cm³/mol. The third kappa shape index (κ3) is 13.3. The Kier molecular flexibility index (Phi) is 17.1. The first-order chi connectivity index (χ1) is 15.8. The molecule has 0 N–H and O–H groups in total. The van der Waals surface area contributed by atoms with Gasteiger partial charge in [-0.15, -0.1) is 0 Å². The summed E-state index contributed by atoms with van der Waals surface area (Å²) in [6, 6.07) is 20.6. The normalized spacial score (nSPS) is 12.2. The summed E-state index contributed by atoms with van der Waals surface area (Å²) in [5.41, 5.74) is 4.09. The fraction of sp³-hybridized carbons (Fsp3) is 0.467. The molecule has 2 aromatic rings. The number of aliphatic imine (C=N–C) groups is 2. The SMILES string of the molecule is CCCCCC/C=C/C(=Nc1ccccc1)C(CCCCCCCC)=Nc1ccccc1.[Ni]. The van der Waals surface area contributed by atoms with Crippen molar-refractivity contribution in [1.82, 2.24) is 0 Å². The van der Waals surface area contributed by atoms with Crippen LogP contribution in [0, 0.1) is 0 Å². The van der Waals surface area contributed by atoms with Crippen LogP contribution < -0.4 is 0 Å². The smallest absolute Gasteiger partial charge is 0.0848 e. The summed E-state index contributed by atoms with van der Waals surface area (Å²) in [7, 11) is 0. The average Bonchev–Trinajstić information content (AvgIpc) is 2.83. The van der Waals surface area contributed by atoms with E-state index in [1.165, 1.54) is 57.8 Å². The molecular weight excluding hydrogens is 447 g/mol. The van der Waals surface area contributed by atoms with Gasteiger partial charge in [-0.3, -0.25) is 4.99 Å². The van der Waals surface area contributed by atoms with Gasteiger partial charge >= 0.3 is 0 Å². The van der Waals surface area contributed by atoms with Crippen LogP contribution in [-0.4, -0.2) is 11.4 Å². The van der Waals surface area contributed by atoms with E-state index in [4.69, 9.17) is 9.98 Å². The van der Waals surface area contributed by atoms with Gasteiger partial charge in [-0.25, -0.2) is 4.99 Å². The van der Waals surface area contributed by atoms with E-state index in [-0.39, 0.29) is 16.5 Å². The summed E-state index contributed by atoms with van der Waals surface area (Å²) in [4.78, 5) is 10.1. The maximum atomic E-state index is 5.05. The zero-order chi connectivity index (χ0) is 22.7. The maximum Gasteiger partial charge on any atom is 0.0848 e. The molecule has 0 spiro atoms. The Labute approximate surface area is 212 Å². The predicted octanol–water partition coefficient (Wildman–Crippen LogP) is 9.81. The fourth-order valence-corrected chi connectivity index (χ4v) is 3.70. The van der Waals surface area contributed by atoms with Gasteiger partial charge in [0.2, 0.25) is 0 Å². The van der Waals surface area contributed by atoms with E-state index in [0.29, 0.717) is 0 Å². The first-order valence-corrected chi connectivity index (χ1v) is 12.8. The second-order valence-electron chi connectivity index (χ2n) is 8.50. The van der Waals surface area contributed by atoms with E-state index in [9.17, 15) is 0 Å². The van der Waals surface area contributed by atoms with E-state index in [1.807, 2.05) is 24.3 Å². The minimum atomic E-state index is 0. The van der Waals surface area contributed by atoms with Crippen LogP contribution in [0.2, 0.25) is 0 Å². The zero-order valence-electron chi connectivity index (χ0n) is 20.6. The third-order valence-electron chi connectivity index (χ3n) is 5.59. The van der Waals surface area contributed by atoms with Crippen molar-refractivity contribution in [2.45, 2.75) is 90.9 Å². The standard InChI is InChI=1S/C30H42N2.Ni/c1-3-5-7-9-11-19-25-29(31-27-21-15-13-16-22-27)30(26-20-12-10-8-6-4-2)32-28-23-17-14-18-24-28;/h13-19,21-25H,3-12,20,26H2,1-2H3;/b25-19+,31-29?,32-30?;. The van der Waals surface area contributed by atoms with Gasteiger partial charge in [0, 0.05) is 16.5 Å². The van der Waals surface area contributed by atoms with Crippen molar-refractivity contribution in [2.75, 3.05) is 0 Å². The Balaban J connectivity index is 0.00000544. The number of para-hydroxylation sites is 2. The Morgan fingerprint density at radius 3 is 1.76 bits per heavy atom. The summed E-state index contributed by atoms with van der Waals surface area (Å²) in [6.45, 7) is 4.53. The van der Waals surface area contributed by atoms with Crippen molar-refractivity contribution in [1.29, 1.82) is 0 Å². The molecule has 0 aliphatic rings. The van der Waals surface area contributed by atoms with Crippen LogP contribution in [0.1, 0.15) is 90.9 Å². The van der Waals surface area contributed by atoms with Gasteiger partial charge in [-0.1, -0.05) is 108 Å². The van der Waals surface area contributed by atoms with Gasteiger partial charge in [0.25, 0.3) is 0 Å². The quantitative estimate of drug-likeness (QED) is 0.127. The molecular formula is C30H42N2Ni. The van der Waals surface area contributed by atoms with Crippen LogP contribution in [0.4, 0.5) is 11.4 Å². The molecule has 0 unspecified atom stereocenters. The van der Waals surface area contributed by atoms with Crippen LogP contribution in [0.5, 0.6) is 0 Å². The average molecular weight is 489 g/mol. The van der Waals surface area contributed by atoms with Crippen molar-refractivity contribution in [3.05, 3.63) is 72.8 Å². The van der Waals surface area contributed by atoms with E-state index < -0.39 is 0 Å². The van der Waals surface area contributed by atoms with E-state index in [2.05, 4.69) is 62.4 Å². The van der Waals surface area contributed by atoms with Crippen LogP contribution >= 0.6 is 0 Å². The molecule has 0 heterocycles. The summed E-state index contributed by atoms with van der Waals surface area (Å²) >= 11 is 0. The first kappa shape index (κ1) is 29.0. The molecule has 0 aliphatic carbocycles. The fourth-order valence-electron chi connectivity index (χ4n) is 3.70. The number of unbranched alkanes of at least 4 members (excludes halogenated alkanes) is 9. The van der Waals surface area contributed by atoms with E-state index in [1.54, 1.807) is 0 Å². The Morgan fingerprint density at radius 2 is 1.15 bits per heavy atom. The van der Waals surface area contributed by atoms with Gasteiger partial charge in [0.05, 0.1) is 22.8 Å². The molecule has 33 heavy (non-hydrogen) atoms. The van der Waals surface area contributed by atoms with Crippen molar-refractivity contribution in [2.24, 2.45) is 9.98 Å². The number of nitrogens with zero attached hydrogens (tertiary/aromatic N) is 2. The Hall–Kier alpha value is -1.99. The van der Waals surface area contributed by atoms with Gasteiger partial charge < -0.3 is 0 Å². The molecule has 182 valence electrons. The van der Waals surface area contributed by atoms with E-state index in [0.717, 1.165) is 42.1 Å². The molecule has 0 fully saturated rings.